The van der Waals surface area contributed by atoms with E-state index >= 15 is 0 Å². The van der Waals surface area contributed by atoms with Crippen molar-refractivity contribution in [3.05, 3.63) is 109 Å². The normalized spacial score (nSPS) is 18.7. The molecule has 1 aliphatic rings. The summed E-state index contributed by atoms with van der Waals surface area (Å²) in [6.07, 6.45) is 79.8. The number of nitrogens with one attached hydrogen (secondary N) is 1. The van der Waals surface area contributed by atoms with E-state index in [4.69, 9.17) is 14.2 Å². The fourth-order valence-electron chi connectivity index (χ4n) is 11.1. The molecular weight excluding hydrogens is 1120 g/mol. The van der Waals surface area contributed by atoms with Gasteiger partial charge in [0.2, 0.25) is 5.91 Å². The SMILES string of the molecule is CC/C=C\C/C=C\C/C=C\C/C=C\C/C=C\CCCCCCCCCC(=O)OC1C(OCC(NC(=O)C(O)CCCCCCCCCCCCCCC/C=C\C/C=C\C/C=C\CCCCC)C(O)/C=C/CCCCCCCCCCCC)OC(CO)C(O)C1O. The van der Waals surface area contributed by atoms with Crippen LogP contribution in [0.1, 0.15) is 316 Å². The third kappa shape index (κ3) is 51.8. The summed E-state index contributed by atoms with van der Waals surface area (Å²) < 4.78 is 17.7. The Balaban J connectivity index is 2.55. The van der Waals surface area contributed by atoms with Crippen molar-refractivity contribution in [2.45, 2.75) is 365 Å². The van der Waals surface area contributed by atoms with Gasteiger partial charge in [0.25, 0.3) is 0 Å². The van der Waals surface area contributed by atoms with Crippen LogP contribution in [0.15, 0.2) is 109 Å². The third-order valence-corrected chi connectivity index (χ3v) is 16.9. The molecule has 0 bridgehead atoms. The maximum absolute atomic E-state index is 13.5. The number of carbonyl (C=O) groups excluding carboxylic acids is 2. The van der Waals surface area contributed by atoms with E-state index in [9.17, 15) is 35.1 Å². The van der Waals surface area contributed by atoms with Crippen molar-refractivity contribution in [2.75, 3.05) is 13.2 Å². The minimum atomic E-state index is -1.63. The molecule has 1 amide bonds. The summed E-state index contributed by atoms with van der Waals surface area (Å²) >= 11 is 0. The smallest absolute Gasteiger partial charge is 0.306 e. The molecule has 1 fully saturated rings. The van der Waals surface area contributed by atoms with E-state index in [0.717, 1.165) is 128 Å². The lowest BCUT2D eigenvalue weighted by atomic mass is 9.99. The van der Waals surface area contributed by atoms with Crippen molar-refractivity contribution in [3.8, 4) is 0 Å². The molecule has 0 aliphatic carbocycles. The number of hydrogen-bond donors (Lipinski definition) is 6. The number of ether oxygens (including phenoxy) is 3. The average Bonchev–Trinajstić information content (AvgIpc) is 3.11. The van der Waals surface area contributed by atoms with Gasteiger partial charge in [-0.1, -0.05) is 310 Å². The second-order valence-electron chi connectivity index (χ2n) is 25.3. The lowest BCUT2D eigenvalue weighted by Crippen LogP contribution is -2.61. The Morgan fingerprint density at radius 3 is 1.22 bits per heavy atom. The molecule has 11 heteroatoms. The lowest BCUT2D eigenvalue weighted by Gasteiger charge is -2.41. The number of aliphatic hydroxyl groups excluding tert-OH is 5. The van der Waals surface area contributed by atoms with Crippen molar-refractivity contribution in [2.24, 2.45) is 0 Å². The number of amides is 1. The van der Waals surface area contributed by atoms with E-state index in [1.54, 1.807) is 6.08 Å². The molecule has 8 atom stereocenters. The molecule has 0 spiro atoms. The fraction of sp³-hybridized carbons (Fsp3) is 0.747. The standard InChI is InChI=1S/C79H137NO10/c1-4-7-10-13-16-19-22-25-27-29-31-33-35-36-37-39-40-42-44-46-48-51-54-57-60-63-66-72(83)78(87)80-70(71(82)65-62-59-56-53-50-24-21-18-15-12-9-6-3)69-88-79-77(76(86)75(85)73(68-81)89-79)90-74(84)67-64-61-58-55-52-49-47-45-43-41-38-34-32-30-28-26-23-20-17-14-11-8-5-2/h8,11,16-17,19-20,25-28,31-34,41,43,62,65,70-73,75-77,79,81-83,85-86H,4-7,9-10,12-15,18,21-24,29-30,35-40,42,44-61,63-64,66-69H2,1-3H3,(H,80,87)/b11-8-,19-16-,20-17-,27-25-,28-26-,33-31-,34-32-,43-41-,65-62+. The summed E-state index contributed by atoms with van der Waals surface area (Å²) in [6.45, 7) is 5.67. The molecule has 11 nitrogen and oxygen atoms in total. The van der Waals surface area contributed by atoms with Crippen molar-refractivity contribution < 1.29 is 49.3 Å². The van der Waals surface area contributed by atoms with Gasteiger partial charge in [0.15, 0.2) is 12.4 Å². The first kappa shape index (κ1) is 84.3. The summed E-state index contributed by atoms with van der Waals surface area (Å²) in [4.78, 5) is 26.7. The molecule has 0 saturated carbocycles. The van der Waals surface area contributed by atoms with Gasteiger partial charge < -0.3 is 45.1 Å². The Morgan fingerprint density at radius 2 is 0.800 bits per heavy atom. The van der Waals surface area contributed by atoms with E-state index in [2.05, 4.69) is 123 Å². The highest BCUT2D eigenvalue weighted by molar-refractivity contribution is 5.80. The van der Waals surface area contributed by atoms with Crippen LogP contribution in [0.5, 0.6) is 0 Å². The van der Waals surface area contributed by atoms with Crippen LogP contribution in [0, 0.1) is 0 Å². The molecule has 0 radical (unpaired) electrons. The molecular formula is C79H137NO10. The van der Waals surface area contributed by atoms with Gasteiger partial charge in [0.1, 0.15) is 24.4 Å². The number of hydrogen-bond acceptors (Lipinski definition) is 10. The van der Waals surface area contributed by atoms with Gasteiger partial charge in [-0.15, -0.1) is 0 Å². The molecule has 6 N–H and O–H groups in total. The fourth-order valence-corrected chi connectivity index (χ4v) is 11.1. The van der Waals surface area contributed by atoms with Crippen LogP contribution in [0.3, 0.4) is 0 Å². The summed E-state index contributed by atoms with van der Waals surface area (Å²) in [7, 11) is 0. The zero-order chi connectivity index (χ0) is 65.3. The molecule has 1 rings (SSSR count). The zero-order valence-corrected chi connectivity index (χ0v) is 57.7. The Morgan fingerprint density at radius 1 is 0.444 bits per heavy atom. The molecule has 90 heavy (non-hydrogen) atoms. The molecule has 518 valence electrons. The van der Waals surface area contributed by atoms with Gasteiger partial charge in [-0.05, 0) is 109 Å². The highest BCUT2D eigenvalue weighted by atomic mass is 16.7. The number of carbonyl (C=O) groups is 2. The van der Waals surface area contributed by atoms with Crippen LogP contribution < -0.4 is 5.32 Å². The van der Waals surface area contributed by atoms with Crippen molar-refractivity contribution >= 4 is 11.9 Å². The van der Waals surface area contributed by atoms with Crippen LogP contribution in [-0.4, -0.2) is 99.6 Å². The highest BCUT2D eigenvalue weighted by Gasteiger charge is 2.47. The quantitative estimate of drug-likeness (QED) is 0.0195. The molecule has 8 unspecified atom stereocenters. The van der Waals surface area contributed by atoms with Crippen molar-refractivity contribution in [1.29, 1.82) is 0 Å². The first-order valence-corrected chi connectivity index (χ1v) is 37.2. The molecule has 0 aromatic carbocycles. The Kier molecular flexibility index (Phi) is 61.3. The van der Waals surface area contributed by atoms with E-state index < -0.39 is 67.4 Å². The number of unbranched alkanes of at least 4 members (excludes halogenated alkanes) is 33. The number of aliphatic hydroxyl groups is 5. The molecule has 0 aromatic heterocycles. The molecule has 1 saturated heterocycles. The minimum absolute atomic E-state index is 0.106. The second-order valence-corrected chi connectivity index (χ2v) is 25.3. The Bertz CT molecular complexity index is 1890. The molecule has 1 heterocycles. The summed E-state index contributed by atoms with van der Waals surface area (Å²) in [5.74, 6) is -1.20. The first-order valence-electron chi connectivity index (χ1n) is 37.2. The average molecular weight is 1260 g/mol. The van der Waals surface area contributed by atoms with Crippen LogP contribution in [0.25, 0.3) is 0 Å². The first-order chi connectivity index (χ1) is 44.2. The van der Waals surface area contributed by atoms with E-state index in [1.807, 2.05) is 6.08 Å². The van der Waals surface area contributed by atoms with E-state index in [0.29, 0.717) is 12.8 Å². The van der Waals surface area contributed by atoms with Gasteiger partial charge in [-0.25, -0.2) is 0 Å². The van der Waals surface area contributed by atoms with Crippen molar-refractivity contribution in [1.82, 2.24) is 5.32 Å². The minimum Gasteiger partial charge on any atom is -0.454 e. The monoisotopic (exact) mass is 1260 g/mol. The largest absolute Gasteiger partial charge is 0.454 e. The maximum atomic E-state index is 13.5. The van der Waals surface area contributed by atoms with Crippen LogP contribution >= 0.6 is 0 Å². The summed E-state index contributed by atoms with van der Waals surface area (Å²) in [5.41, 5.74) is 0. The van der Waals surface area contributed by atoms with Crippen LogP contribution in [0.4, 0.5) is 0 Å². The third-order valence-electron chi connectivity index (χ3n) is 16.9. The highest BCUT2D eigenvalue weighted by Crippen LogP contribution is 2.26. The van der Waals surface area contributed by atoms with Crippen molar-refractivity contribution in [3.63, 3.8) is 0 Å². The number of allylic oxidation sites excluding steroid dienone is 17. The van der Waals surface area contributed by atoms with Gasteiger partial charge >= 0.3 is 5.97 Å². The Hall–Kier alpha value is -3.68. The zero-order valence-electron chi connectivity index (χ0n) is 57.7. The van der Waals surface area contributed by atoms with Crippen LogP contribution in [-0.2, 0) is 23.8 Å². The van der Waals surface area contributed by atoms with E-state index in [-0.39, 0.29) is 19.4 Å². The van der Waals surface area contributed by atoms with Gasteiger partial charge in [-0.3, -0.25) is 9.59 Å². The summed E-state index contributed by atoms with van der Waals surface area (Å²) in [6, 6.07) is -1.03. The molecule has 1 aliphatic heterocycles. The van der Waals surface area contributed by atoms with Gasteiger partial charge in [-0.2, -0.15) is 0 Å². The summed E-state index contributed by atoms with van der Waals surface area (Å²) in [5, 5.41) is 57.3. The lowest BCUT2D eigenvalue weighted by molar-refractivity contribution is -0.305. The predicted molar refractivity (Wildman–Crippen MR) is 379 cm³/mol. The Labute approximate surface area is 551 Å². The predicted octanol–water partition coefficient (Wildman–Crippen LogP) is 19.6. The second kappa shape index (κ2) is 65.4. The maximum Gasteiger partial charge on any atom is 0.306 e. The number of rotatable bonds is 63. The van der Waals surface area contributed by atoms with Gasteiger partial charge in [0, 0.05) is 6.42 Å². The topological polar surface area (TPSA) is 175 Å². The van der Waals surface area contributed by atoms with E-state index in [1.165, 1.54) is 141 Å². The molecule has 0 aromatic rings. The van der Waals surface area contributed by atoms with Crippen LogP contribution in [0.2, 0.25) is 0 Å². The van der Waals surface area contributed by atoms with Gasteiger partial charge in [0.05, 0.1) is 25.4 Å². The number of esters is 1.